The molecule has 1 rings (SSSR count). The molecule has 0 aromatic carbocycles. The van der Waals surface area contributed by atoms with Gasteiger partial charge < -0.3 is 5.11 Å². The Morgan fingerprint density at radius 1 is 0.750 bits per heavy atom. The van der Waals surface area contributed by atoms with E-state index in [-0.39, 0.29) is 5.78 Å². The third-order valence-corrected chi connectivity index (χ3v) is 4.18. The molecule has 20 heavy (non-hydrogen) atoms. The minimum Gasteiger partial charge on any atom is -0.385 e. The molecule has 2 nitrogen and oxygen atoms in total. The summed E-state index contributed by atoms with van der Waals surface area (Å²) in [7, 11) is 0. The van der Waals surface area contributed by atoms with Gasteiger partial charge in [-0.3, -0.25) is 4.79 Å². The van der Waals surface area contributed by atoms with E-state index in [0.29, 0.717) is 12.8 Å². The van der Waals surface area contributed by atoms with Gasteiger partial charge in [-0.25, -0.2) is 0 Å². The predicted octanol–water partition coefficient (Wildman–Crippen LogP) is 4.95. The molecule has 0 aliphatic heterocycles. The normalized spacial score (nSPS) is 27.4. The van der Waals surface area contributed by atoms with Crippen LogP contribution in [-0.4, -0.2) is 17.0 Å². The molecule has 0 bridgehead atoms. The molecule has 0 radical (unpaired) electrons. The van der Waals surface area contributed by atoms with Crippen molar-refractivity contribution in [3.05, 3.63) is 12.2 Å². The van der Waals surface area contributed by atoms with Crippen LogP contribution in [0.1, 0.15) is 89.9 Å². The smallest absolute Gasteiger partial charge is 0.161 e. The van der Waals surface area contributed by atoms with Crippen molar-refractivity contribution in [1.82, 2.24) is 0 Å². The van der Waals surface area contributed by atoms with Crippen molar-refractivity contribution in [3.63, 3.8) is 0 Å². The maximum absolute atomic E-state index is 11.7. The molecule has 0 saturated carbocycles. The number of carbonyl (C=O) groups excluding carboxylic acids is 1. The van der Waals surface area contributed by atoms with Gasteiger partial charge in [0.1, 0.15) is 6.10 Å². The summed E-state index contributed by atoms with van der Waals surface area (Å²) in [6.45, 7) is 0. The lowest BCUT2D eigenvalue weighted by molar-refractivity contribution is -0.127. The molecule has 0 aromatic heterocycles. The van der Waals surface area contributed by atoms with E-state index in [1.54, 1.807) is 0 Å². The lowest BCUT2D eigenvalue weighted by Gasteiger charge is -2.09. The molecule has 1 aliphatic carbocycles. The maximum Gasteiger partial charge on any atom is 0.161 e. The highest BCUT2D eigenvalue weighted by atomic mass is 16.3. The van der Waals surface area contributed by atoms with E-state index < -0.39 is 6.10 Å². The number of aliphatic hydroxyl groups is 1. The van der Waals surface area contributed by atoms with Crippen LogP contribution in [0.5, 0.6) is 0 Å². The van der Waals surface area contributed by atoms with Gasteiger partial charge in [0.25, 0.3) is 0 Å². The third kappa shape index (κ3) is 9.30. The number of Topliss-reactive ketones (excluding diaryl/α,β-unsaturated/α-hetero) is 1. The van der Waals surface area contributed by atoms with Crippen LogP contribution in [0, 0.1) is 0 Å². The fourth-order valence-corrected chi connectivity index (χ4v) is 2.79. The number of rotatable bonds is 0. The second-order valence-corrected chi connectivity index (χ2v) is 6.11. The second kappa shape index (κ2) is 12.1. The molecule has 0 spiro atoms. The van der Waals surface area contributed by atoms with Gasteiger partial charge in [-0.05, 0) is 38.5 Å². The van der Waals surface area contributed by atoms with Gasteiger partial charge in [0.05, 0.1) is 0 Å². The molecule has 1 atom stereocenters. The summed E-state index contributed by atoms with van der Waals surface area (Å²) in [5, 5.41) is 9.81. The van der Waals surface area contributed by atoms with Gasteiger partial charge >= 0.3 is 0 Å². The summed E-state index contributed by atoms with van der Waals surface area (Å²) in [5.74, 6) is 0.0639. The van der Waals surface area contributed by atoms with Crippen LogP contribution in [0.3, 0.4) is 0 Å². The van der Waals surface area contributed by atoms with Crippen LogP contribution in [0.4, 0.5) is 0 Å². The summed E-state index contributed by atoms with van der Waals surface area (Å²) in [6, 6.07) is 0. The Morgan fingerprint density at radius 2 is 1.25 bits per heavy atom. The van der Waals surface area contributed by atoms with Crippen molar-refractivity contribution in [2.75, 3.05) is 0 Å². The lowest BCUT2D eigenvalue weighted by Crippen LogP contribution is -2.19. The van der Waals surface area contributed by atoms with Crippen molar-refractivity contribution in [2.24, 2.45) is 0 Å². The van der Waals surface area contributed by atoms with Crippen molar-refractivity contribution in [3.8, 4) is 0 Å². The van der Waals surface area contributed by atoms with Crippen LogP contribution in [0.15, 0.2) is 12.2 Å². The Morgan fingerprint density at radius 3 is 1.90 bits per heavy atom. The summed E-state index contributed by atoms with van der Waals surface area (Å²) in [6.07, 6.45) is 19.4. The number of aliphatic hydroxyl groups excluding tert-OH is 1. The number of allylic oxidation sites excluding steroid dienone is 2. The predicted molar refractivity (Wildman–Crippen MR) is 84.8 cm³/mol. The van der Waals surface area contributed by atoms with Crippen molar-refractivity contribution in [2.45, 2.75) is 96.0 Å². The maximum atomic E-state index is 11.7. The first-order chi connectivity index (χ1) is 9.80. The Labute approximate surface area is 124 Å². The highest BCUT2D eigenvalue weighted by molar-refractivity contribution is 5.82. The molecule has 1 unspecified atom stereocenters. The minimum atomic E-state index is -0.700. The van der Waals surface area contributed by atoms with E-state index in [1.165, 1.54) is 51.4 Å². The Balaban J connectivity index is 2.25. The lowest BCUT2D eigenvalue weighted by atomic mass is 10.0. The fourth-order valence-electron chi connectivity index (χ4n) is 2.79. The molecule has 1 aliphatic rings. The van der Waals surface area contributed by atoms with Crippen LogP contribution < -0.4 is 0 Å². The third-order valence-electron chi connectivity index (χ3n) is 4.18. The Bertz CT molecular complexity index is 271. The zero-order valence-electron chi connectivity index (χ0n) is 13.0. The van der Waals surface area contributed by atoms with E-state index in [1.807, 2.05) is 0 Å². The Kier molecular flexibility index (Phi) is 10.6. The first-order valence-electron chi connectivity index (χ1n) is 8.66. The van der Waals surface area contributed by atoms with Gasteiger partial charge in [-0.1, -0.05) is 57.1 Å². The van der Waals surface area contributed by atoms with Crippen LogP contribution in [0.25, 0.3) is 0 Å². The van der Waals surface area contributed by atoms with Crippen molar-refractivity contribution >= 4 is 5.78 Å². The van der Waals surface area contributed by atoms with E-state index in [0.717, 1.165) is 25.7 Å². The molecule has 0 saturated heterocycles. The van der Waals surface area contributed by atoms with E-state index in [9.17, 15) is 9.90 Å². The SMILES string of the molecule is O=C1CCCCCCCC/C=C/CCCCCCC1O. The van der Waals surface area contributed by atoms with Crippen molar-refractivity contribution < 1.29 is 9.90 Å². The number of carbonyl (C=O) groups is 1. The standard InChI is InChI=1S/C18H32O2/c19-17-15-13-11-9-7-5-3-1-2-4-6-8-10-12-14-16-18(17)20/h1,3,17,19H,2,4-16H2/b3-1+. The quantitative estimate of drug-likeness (QED) is 0.638. The molecule has 0 aromatic rings. The topological polar surface area (TPSA) is 37.3 Å². The van der Waals surface area contributed by atoms with E-state index in [2.05, 4.69) is 12.2 Å². The van der Waals surface area contributed by atoms with Gasteiger partial charge in [0.2, 0.25) is 0 Å². The van der Waals surface area contributed by atoms with Gasteiger partial charge in [0, 0.05) is 6.42 Å². The fraction of sp³-hybridized carbons (Fsp3) is 0.833. The largest absolute Gasteiger partial charge is 0.385 e. The van der Waals surface area contributed by atoms with Crippen LogP contribution in [0.2, 0.25) is 0 Å². The average molecular weight is 280 g/mol. The molecule has 116 valence electrons. The number of hydrogen-bond acceptors (Lipinski definition) is 2. The summed E-state index contributed by atoms with van der Waals surface area (Å²) in [5.41, 5.74) is 0. The highest BCUT2D eigenvalue weighted by Gasteiger charge is 2.13. The molecule has 2 heteroatoms. The first-order valence-corrected chi connectivity index (χ1v) is 8.66. The molecular formula is C18H32O2. The molecule has 1 N–H and O–H groups in total. The summed E-state index contributed by atoms with van der Waals surface area (Å²) in [4.78, 5) is 11.7. The minimum absolute atomic E-state index is 0.0639. The zero-order chi connectivity index (χ0) is 14.5. The second-order valence-electron chi connectivity index (χ2n) is 6.11. The number of hydrogen-bond donors (Lipinski definition) is 1. The summed E-state index contributed by atoms with van der Waals surface area (Å²) >= 11 is 0. The van der Waals surface area contributed by atoms with E-state index >= 15 is 0 Å². The van der Waals surface area contributed by atoms with Gasteiger partial charge in [-0.15, -0.1) is 0 Å². The molecular weight excluding hydrogens is 248 g/mol. The highest BCUT2D eigenvalue weighted by Crippen LogP contribution is 2.13. The molecule has 0 amide bonds. The van der Waals surface area contributed by atoms with Gasteiger partial charge in [-0.2, -0.15) is 0 Å². The zero-order valence-corrected chi connectivity index (χ0v) is 13.0. The average Bonchev–Trinajstić information content (AvgIpc) is 2.45. The summed E-state index contributed by atoms with van der Waals surface area (Å²) < 4.78 is 0. The van der Waals surface area contributed by atoms with Gasteiger partial charge in [0.15, 0.2) is 5.78 Å². The van der Waals surface area contributed by atoms with Crippen LogP contribution in [-0.2, 0) is 4.79 Å². The van der Waals surface area contributed by atoms with Crippen molar-refractivity contribution in [1.29, 1.82) is 0 Å². The number of ketones is 1. The first kappa shape index (κ1) is 17.4. The Hall–Kier alpha value is -0.630. The molecule has 0 heterocycles. The monoisotopic (exact) mass is 280 g/mol. The van der Waals surface area contributed by atoms with E-state index in [4.69, 9.17) is 0 Å². The van der Waals surface area contributed by atoms with Crippen LogP contribution >= 0.6 is 0 Å². The molecule has 0 fully saturated rings.